The number of hydrogen-bond donors (Lipinski definition) is 1. The van der Waals surface area contributed by atoms with Gasteiger partial charge in [-0.25, -0.2) is 0 Å². The second kappa shape index (κ2) is 6.03. The number of benzene rings is 1. The topological polar surface area (TPSA) is 42.0 Å². The maximum Gasteiger partial charge on any atom is 0.258 e. The Morgan fingerprint density at radius 1 is 1.16 bits per heavy atom. The van der Waals surface area contributed by atoms with Crippen molar-refractivity contribution in [2.45, 2.75) is 3.23 Å². The number of carbonyl (C=O) groups is 1. The lowest BCUT2D eigenvalue weighted by atomic mass is 10.2. The zero-order valence-electron chi connectivity index (χ0n) is 9.61. The van der Waals surface area contributed by atoms with Gasteiger partial charge in [0, 0.05) is 16.9 Å². The van der Waals surface area contributed by atoms with Gasteiger partial charge in [-0.3, -0.25) is 9.78 Å². The van der Waals surface area contributed by atoms with Gasteiger partial charge in [0.25, 0.3) is 5.91 Å². The van der Waals surface area contributed by atoms with E-state index in [2.05, 4.69) is 42.2 Å². The third-order valence-electron chi connectivity index (χ3n) is 2.37. The number of carbonyl (C=O) groups excluding carboxylic acids is 1. The fourth-order valence-corrected chi connectivity index (χ4v) is 2.20. The number of anilines is 1. The van der Waals surface area contributed by atoms with Crippen LogP contribution in [0.1, 0.15) is 5.69 Å². The van der Waals surface area contributed by atoms with Crippen LogP contribution < -0.4 is 5.32 Å². The number of alkyl halides is 2. The number of aromatic nitrogens is 1. The molecule has 19 heavy (non-hydrogen) atoms. The Bertz CT molecular complexity index is 573. The minimum atomic E-state index is -1.07. The number of amides is 1. The lowest BCUT2D eigenvalue weighted by Gasteiger charge is -2.19. The van der Waals surface area contributed by atoms with Crippen LogP contribution in [0.2, 0.25) is 5.02 Å². The smallest absolute Gasteiger partial charge is 0.258 e. The summed E-state index contributed by atoms with van der Waals surface area (Å²) in [6.45, 7) is 0. The molecule has 1 heterocycles. The summed E-state index contributed by atoms with van der Waals surface area (Å²) in [6, 6.07) is 12.2. The Morgan fingerprint density at radius 3 is 2.42 bits per heavy atom. The quantitative estimate of drug-likeness (QED) is 0.775. The van der Waals surface area contributed by atoms with Gasteiger partial charge in [-0.15, -0.1) is 0 Å². The van der Waals surface area contributed by atoms with E-state index in [-0.39, 0.29) is 5.91 Å². The van der Waals surface area contributed by atoms with Gasteiger partial charge in [0.05, 0.1) is 5.69 Å². The monoisotopic (exact) mass is 402 g/mol. The summed E-state index contributed by atoms with van der Waals surface area (Å²) >= 11 is 12.5. The molecule has 1 amide bonds. The van der Waals surface area contributed by atoms with E-state index < -0.39 is 3.23 Å². The maximum atomic E-state index is 12.2. The molecule has 0 atom stereocenters. The Morgan fingerprint density at radius 2 is 1.84 bits per heavy atom. The first-order chi connectivity index (χ1) is 9.00. The van der Waals surface area contributed by atoms with Crippen molar-refractivity contribution < 1.29 is 4.79 Å². The number of nitrogens with one attached hydrogen (secondary N) is 1. The summed E-state index contributed by atoms with van der Waals surface area (Å²) < 4.78 is -1.07. The molecule has 1 aromatic heterocycles. The first-order valence-electron chi connectivity index (χ1n) is 5.36. The predicted molar refractivity (Wildman–Crippen MR) is 83.9 cm³/mol. The summed E-state index contributed by atoms with van der Waals surface area (Å²) in [4.78, 5) is 16.4. The van der Waals surface area contributed by atoms with Crippen LogP contribution in [0.3, 0.4) is 0 Å². The molecule has 0 aliphatic rings. The van der Waals surface area contributed by atoms with Gasteiger partial charge in [0.2, 0.25) is 3.23 Å². The number of nitrogens with zero attached hydrogens (tertiary/aromatic N) is 1. The van der Waals surface area contributed by atoms with Crippen LogP contribution in [0.4, 0.5) is 5.69 Å². The first-order valence-corrected chi connectivity index (χ1v) is 7.33. The van der Waals surface area contributed by atoms with E-state index >= 15 is 0 Å². The van der Waals surface area contributed by atoms with E-state index in [0.717, 1.165) is 0 Å². The van der Waals surface area contributed by atoms with Gasteiger partial charge in [0.1, 0.15) is 0 Å². The molecule has 2 rings (SSSR count). The highest BCUT2D eigenvalue weighted by molar-refractivity contribution is 9.25. The van der Waals surface area contributed by atoms with Gasteiger partial charge < -0.3 is 5.32 Å². The van der Waals surface area contributed by atoms with Gasteiger partial charge >= 0.3 is 0 Å². The molecule has 0 unspecified atom stereocenters. The fourth-order valence-electron chi connectivity index (χ4n) is 1.41. The number of pyridine rings is 1. The standard InChI is InChI=1S/C13H9Br2ClN2O/c14-13(15,11-3-1-2-8-17-11)12(19)18-10-6-4-9(16)5-7-10/h1-8H,(H,18,19). The summed E-state index contributed by atoms with van der Waals surface area (Å²) in [7, 11) is 0. The van der Waals surface area contributed by atoms with Crippen molar-refractivity contribution in [1.29, 1.82) is 0 Å². The summed E-state index contributed by atoms with van der Waals surface area (Å²) in [5, 5.41) is 3.39. The van der Waals surface area contributed by atoms with Crippen LogP contribution >= 0.6 is 43.5 Å². The van der Waals surface area contributed by atoms with Crippen molar-refractivity contribution in [1.82, 2.24) is 4.98 Å². The highest BCUT2D eigenvalue weighted by Gasteiger charge is 2.35. The van der Waals surface area contributed by atoms with Gasteiger partial charge in [-0.05, 0) is 36.4 Å². The molecule has 0 saturated carbocycles. The minimum absolute atomic E-state index is 0.270. The largest absolute Gasteiger partial charge is 0.324 e. The molecular weight excluding hydrogens is 395 g/mol. The van der Waals surface area contributed by atoms with Gasteiger partial charge in [0.15, 0.2) is 0 Å². The molecule has 0 fully saturated rings. The van der Waals surface area contributed by atoms with E-state index in [4.69, 9.17) is 11.6 Å². The number of halogens is 3. The van der Waals surface area contributed by atoms with Crippen molar-refractivity contribution in [3.63, 3.8) is 0 Å². The van der Waals surface area contributed by atoms with Gasteiger partial charge in [-0.2, -0.15) is 0 Å². The van der Waals surface area contributed by atoms with Crippen LogP contribution in [-0.4, -0.2) is 10.9 Å². The van der Waals surface area contributed by atoms with Crippen molar-refractivity contribution in [2.24, 2.45) is 0 Å². The second-order valence-corrected chi connectivity index (χ2v) is 7.63. The van der Waals surface area contributed by atoms with E-state index in [9.17, 15) is 4.79 Å². The molecule has 6 heteroatoms. The Balaban J connectivity index is 2.17. The van der Waals surface area contributed by atoms with E-state index in [1.54, 1.807) is 42.6 Å². The first kappa shape index (κ1) is 14.5. The normalized spacial score (nSPS) is 11.1. The van der Waals surface area contributed by atoms with Crippen molar-refractivity contribution >= 4 is 55.1 Å². The molecule has 98 valence electrons. The molecule has 0 saturated heterocycles. The number of hydrogen-bond acceptors (Lipinski definition) is 2. The number of rotatable bonds is 3. The van der Waals surface area contributed by atoms with Gasteiger partial charge in [-0.1, -0.05) is 49.5 Å². The lowest BCUT2D eigenvalue weighted by Crippen LogP contribution is -2.30. The summed E-state index contributed by atoms with van der Waals surface area (Å²) in [6.07, 6.45) is 1.63. The molecule has 1 N–H and O–H groups in total. The van der Waals surface area contributed by atoms with Crippen LogP contribution in [0.15, 0.2) is 48.7 Å². The predicted octanol–water partition coefficient (Wildman–Crippen LogP) is 4.32. The van der Waals surface area contributed by atoms with Crippen molar-refractivity contribution in [3.8, 4) is 0 Å². The molecular formula is C13H9Br2ClN2O. The minimum Gasteiger partial charge on any atom is -0.324 e. The molecule has 0 bridgehead atoms. The lowest BCUT2D eigenvalue weighted by molar-refractivity contribution is -0.116. The van der Waals surface area contributed by atoms with Crippen LogP contribution in [0.5, 0.6) is 0 Å². The molecule has 0 aliphatic carbocycles. The Labute approximate surface area is 132 Å². The Hall–Kier alpha value is -0.910. The van der Waals surface area contributed by atoms with E-state index in [1.807, 2.05) is 6.07 Å². The maximum absolute atomic E-state index is 12.2. The highest BCUT2D eigenvalue weighted by Crippen LogP contribution is 2.38. The Kier molecular flexibility index (Phi) is 4.60. The molecule has 0 aliphatic heterocycles. The van der Waals surface area contributed by atoms with Crippen LogP contribution in [0.25, 0.3) is 0 Å². The third kappa shape index (κ3) is 3.55. The highest BCUT2D eigenvalue weighted by atomic mass is 79.9. The average molecular weight is 404 g/mol. The summed E-state index contributed by atoms with van der Waals surface area (Å²) in [5.74, 6) is -0.270. The SMILES string of the molecule is O=C(Nc1ccc(Cl)cc1)C(Br)(Br)c1ccccn1. The van der Waals surface area contributed by atoms with E-state index in [1.165, 1.54) is 0 Å². The van der Waals surface area contributed by atoms with Crippen LogP contribution in [0, 0.1) is 0 Å². The molecule has 0 spiro atoms. The summed E-state index contributed by atoms with van der Waals surface area (Å²) in [5.41, 5.74) is 1.23. The van der Waals surface area contributed by atoms with E-state index in [0.29, 0.717) is 16.4 Å². The van der Waals surface area contributed by atoms with Crippen LogP contribution in [-0.2, 0) is 8.03 Å². The molecule has 1 aromatic carbocycles. The average Bonchev–Trinajstić information content (AvgIpc) is 2.42. The van der Waals surface area contributed by atoms with Crippen molar-refractivity contribution in [2.75, 3.05) is 5.32 Å². The zero-order chi connectivity index (χ0) is 13.9. The second-order valence-electron chi connectivity index (χ2n) is 3.75. The fraction of sp³-hybridized carbons (Fsp3) is 0.0769. The zero-order valence-corrected chi connectivity index (χ0v) is 13.5. The molecule has 3 nitrogen and oxygen atoms in total. The molecule has 2 aromatic rings. The third-order valence-corrected chi connectivity index (χ3v) is 4.16. The van der Waals surface area contributed by atoms with Crippen molar-refractivity contribution in [3.05, 3.63) is 59.4 Å². The molecule has 0 radical (unpaired) electrons.